The van der Waals surface area contributed by atoms with E-state index in [0.717, 1.165) is 0 Å². The van der Waals surface area contributed by atoms with Gasteiger partial charge in [-0.15, -0.1) is 0 Å². The summed E-state index contributed by atoms with van der Waals surface area (Å²) in [6, 6.07) is 20.8. The summed E-state index contributed by atoms with van der Waals surface area (Å²) in [6.07, 6.45) is 0. The fourth-order valence-electron chi connectivity index (χ4n) is 2.04. The number of benzene rings is 2. The van der Waals surface area contributed by atoms with Gasteiger partial charge >= 0.3 is 0 Å². The highest BCUT2D eigenvalue weighted by Crippen LogP contribution is 2.94. The van der Waals surface area contributed by atoms with Crippen molar-refractivity contribution >= 4 is 56.0 Å². The Morgan fingerprint density at radius 3 is 1.47 bits per heavy atom. The van der Waals surface area contributed by atoms with Gasteiger partial charge in [-0.25, -0.2) is 4.44 Å². The van der Waals surface area contributed by atoms with Crippen LogP contribution in [0.25, 0.3) is 0 Å². The molecular weight excluding hydrogens is 328 g/mol. The summed E-state index contributed by atoms with van der Waals surface area (Å²) in [5.74, 6) is 0. The lowest BCUT2D eigenvalue weighted by atomic mass is 10.4. The lowest BCUT2D eigenvalue weighted by Crippen LogP contribution is -2.29. The van der Waals surface area contributed by atoms with Crippen LogP contribution in [0.1, 0.15) is 0 Å². The summed E-state index contributed by atoms with van der Waals surface area (Å²) >= 11 is 13.7. The molecule has 0 bridgehead atoms. The molecule has 1 heterocycles. The lowest BCUT2D eigenvalue weighted by molar-refractivity contribution is 0.913. The Balaban J connectivity index is 1.98. The minimum Gasteiger partial charge on any atom is -0.225 e. The molecule has 1 saturated heterocycles. The number of nitrogens with zero attached hydrogens (tertiary/aromatic N) is 1. The smallest absolute Gasteiger partial charge is 0.106 e. The summed E-state index contributed by atoms with van der Waals surface area (Å²) < 4.78 is 2.32. The van der Waals surface area contributed by atoms with Crippen LogP contribution in [0, 0.1) is 0 Å². The minimum absolute atomic E-state index is 1.26. The third-order valence-corrected chi connectivity index (χ3v) is 24.5. The monoisotopic (exact) mass is 341 g/mol. The summed E-state index contributed by atoms with van der Waals surface area (Å²) in [5.41, 5.74) is 0. The Morgan fingerprint density at radius 2 is 1.16 bits per heavy atom. The molecule has 0 radical (unpaired) electrons. The van der Waals surface area contributed by atoms with E-state index in [2.05, 4.69) is 60.0 Å². The van der Waals surface area contributed by atoms with Crippen molar-refractivity contribution in [1.82, 2.24) is 4.44 Å². The predicted octanol–water partition coefficient (Wildman–Crippen LogP) is 3.94. The maximum Gasteiger partial charge on any atom is 0.106 e. The maximum absolute atomic E-state index is 5.93. The van der Waals surface area contributed by atoms with Crippen LogP contribution in [0.2, 0.25) is 0 Å². The van der Waals surface area contributed by atoms with Crippen LogP contribution in [0.4, 0.5) is 0 Å². The first-order chi connectivity index (χ1) is 9.07. The molecule has 2 aromatic carbocycles. The van der Waals surface area contributed by atoms with Crippen molar-refractivity contribution in [3.8, 4) is 0 Å². The van der Waals surface area contributed by atoms with E-state index in [1.165, 1.54) is 10.6 Å². The molecule has 1 aliphatic heterocycles. The molecule has 6 heteroatoms. The molecule has 0 aliphatic carbocycles. The van der Waals surface area contributed by atoms with Crippen molar-refractivity contribution in [3.63, 3.8) is 0 Å². The Hall–Kier alpha value is 0.0500. The van der Waals surface area contributed by atoms with Gasteiger partial charge in [-0.3, -0.25) is 0 Å². The SMILES string of the molecule is CN1[P@@](=S)(c2ccccc2)S[P@]1(=S)c1ccccc1. The van der Waals surface area contributed by atoms with Gasteiger partial charge in [-0.05, 0) is 18.0 Å². The molecule has 0 amide bonds. The van der Waals surface area contributed by atoms with Crippen LogP contribution in [0.5, 0.6) is 0 Å². The highest BCUT2D eigenvalue weighted by atomic mass is 33.2. The molecule has 1 nitrogen and oxygen atoms in total. The first-order valence-corrected chi connectivity index (χ1v) is 13.4. The fourth-order valence-corrected chi connectivity index (χ4v) is 26.7. The normalized spacial score (nSPS) is 30.8. The van der Waals surface area contributed by atoms with Crippen molar-refractivity contribution in [3.05, 3.63) is 60.7 Å². The van der Waals surface area contributed by atoms with Crippen LogP contribution in [-0.4, -0.2) is 11.5 Å². The molecule has 98 valence electrons. The molecule has 0 spiro atoms. The Kier molecular flexibility index (Phi) is 3.77. The molecule has 2 atom stereocenters. The third-order valence-electron chi connectivity index (χ3n) is 3.15. The van der Waals surface area contributed by atoms with E-state index in [-0.39, 0.29) is 0 Å². The highest BCUT2D eigenvalue weighted by molar-refractivity contribution is 9.07. The number of rotatable bonds is 2. The maximum atomic E-state index is 5.93. The average molecular weight is 341 g/mol. The van der Waals surface area contributed by atoms with Gasteiger partial charge in [0.15, 0.2) is 0 Å². The molecule has 0 aromatic heterocycles. The standard InChI is InChI=1S/C13H13NP2S3/c1-14-15(17,12-8-4-2-5-9-12)19-16(14,18)13-10-6-3-7-11-13/h2-11H,1H3/t15-,16-/m1/s1. The van der Waals surface area contributed by atoms with Gasteiger partial charge in [0, 0.05) is 10.6 Å². The fraction of sp³-hybridized carbons (Fsp3) is 0.0769. The molecule has 1 aliphatic rings. The van der Waals surface area contributed by atoms with Crippen molar-refractivity contribution in [1.29, 1.82) is 0 Å². The molecule has 0 N–H and O–H groups in total. The van der Waals surface area contributed by atoms with Crippen LogP contribution >= 0.6 is 21.8 Å². The quantitative estimate of drug-likeness (QED) is 0.761. The topological polar surface area (TPSA) is 3.24 Å². The van der Waals surface area contributed by atoms with Gasteiger partial charge < -0.3 is 0 Å². The van der Waals surface area contributed by atoms with Gasteiger partial charge in [-0.2, -0.15) is 0 Å². The van der Waals surface area contributed by atoms with E-state index in [1.54, 1.807) is 0 Å². The molecule has 0 saturated carbocycles. The zero-order valence-electron chi connectivity index (χ0n) is 10.3. The summed E-state index contributed by atoms with van der Waals surface area (Å²) in [5, 5.41) is -0.873. The van der Waals surface area contributed by atoms with Gasteiger partial charge in [0.1, 0.15) is 10.8 Å². The zero-order valence-corrected chi connectivity index (χ0v) is 14.6. The van der Waals surface area contributed by atoms with E-state index in [1.807, 2.05) is 23.1 Å². The van der Waals surface area contributed by atoms with Crippen LogP contribution < -0.4 is 10.6 Å². The molecule has 3 rings (SSSR count). The van der Waals surface area contributed by atoms with Gasteiger partial charge in [0.05, 0.1) is 0 Å². The highest BCUT2D eigenvalue weighted by Gasteiger charge is 2.50. The second-order valence-corrected chi connectivity index (χ2v) is 18.8. The van der Waals surface area contributed by atoms with E-state index in [0.29, 0.717) is 0 Å². The number of hydrogen-bond donors (Lipinski definition) is 0. The first kappa shape index (κ1) is 14.0. The van der Waals surface area contributed by atoms with Gasteiger partial charge in [0.25, 0.3) is 0 Å². The van der Waals surface area contributed by atoms with Crippen LogP contribution in [0.15, 0.2) is 60.7 Å². The average Bonchev–Trinajstić information content (AvgIpc) is 2.48. The van der Waals surface area contributed by atoms with Gasteiger partial charge in [0.2, 0.25) is 0 Å². The van der Waals surface area contributed by atoms with Crippen molar-refractivity contribution in [2.24, 2.45) is 0 Å². The van der Waals surface area contributed by atoms with E-state index >= 15 is 0 Å². The van der Waals surface area contributed by atoms with Crippen molar-refractivity contribution in [2.45, 2.75) is 0 Å². The van der Waals surface area contributed by atoms with Crippen molar-refractivity contribution in [2.75, 3.05) is 7.05 Å². The molecular formula is C13H13NP2S3. The lowest BCUT2D eigenvalue weighted by Gasteiger charge is -2.50. The van der Waals surface area contributed by atoms with E-state index < -0.39 is 10.8 Å². The van der Waals surface area contributed by atoms with Gasteiger partial charge in [-0.1, -0.05) is 84.3 Å². The van der Waals surface area contributed by atoms with Crippen LogP contribution in [-0.2, 0) is 23.6 Å². The summed E-state index contributed by atoms with van der Waals surface area (Å²) in [4.78, 5) is 0. The first-order valence-electron chi connectivity index (χ1n) is 5.85. The Morgan fingerprint density at radius 1 is 0.789 bits per heavy atom. The second kappa shape index (κ2) is 5.11. The Labute approximate surface area is 128 Å². The van der Waals surface area contributed by atoms with Crippen LogP contribution in [0.3, 0.4) is 0 Å². The number of hydrogen-bond acceptors (Lipinski definition) is 3. The molecule has 2 aromatic rings. The third kappa shape index (κ3) is 2.19. The minimum atomic E-state index is -1.69. The Bertz CT molecular complexity index is 628. The second-order valence-electron chi connectivity index (χ2n) is 4.28. The summed E-state index contributed by atoms with van der Waals surface area (Å²) in [7, 11) is 2.11. The molecule has 19 heavy (non-hydrogen) atoms. The van der Waals surface area contributed by atoms with E-state index in [4.69, 9.17) is 23.6 Å². The summed E-state index contributed by atoms with van der Waals surface area (Å²) in [6.45, 7) is 0. The predicted molar refractivity (Wildman–Crippen MR) is 96.1 cm³/mol. The largest absolute Gasteiger partial charge is 0.225 e. The van der Waals surface area contributed by atoms with E-state index in [9.17, 15) is 0 Å². The molecule has 1 fully saturated rings. The zero-order chi connectivity index (χ0) is 13.5. The molecule has 0 unspecified atom stereocenters. The van der Waals surface area contributed by atoms with Crippen molar-refractivity contribution < 1.29 is 0 Å².